The quantitative estimate of drug-likeness (QED) is 0.712. The van der Waals surface area contributed by atoms with Crippen LogP contribution in [0.15, 0.2) is 35.5 Å². The molecule has 0 aliphatic carbocycles. The highest BCUT2D eigenvalue weighted by atomic mass is 32.2. The zero-order valence-electron chi connectivity index (χ0n) is 17.8. The molecule has 1 saturated heterocycles. The van der Waals surface area contributed by atoms with Gasteiger partial charge in [-0.15, -0.1) is 0 Å². The smallest absolute Gasteiger partial charge is 0.384 e. The Morgan fingerprint density at radius 2 is 1.87 bits per heavy atom. The standard InChI is InChI=1S/C20H26F3N5O2S/c1-18(2)11-19(3,4)28(12-18)17-13(14(8-9-25-17)20(21,22)23)10-26-31(29,30)16-7-5-6-15(24)27-16/h5-9,26H,10-12H2,1-4H3,(H2,24,27). The second-order valence-electron chi connectivity index (χ2n) is 9.12. The molecule has 1 aliphatic heterocycles. The van der Waals surface area contributed by atoms with E-state index in [1.54, 1.807) is 0 Å². The summed E-state index contributed by atoms with van der Waals surface area (Å²) in [6, 6.07) is 4.90. The summed E-state index contributed by atoms with van der Waals surface area (Å²) in [6.07, 6.45) is -2.82. The number of rotatable bonds is 5. The van der Waals surface area contributed by atoms with Crippen molar-refractivity contribution < 1.29 is 21.6 Å². The molecule has 0 spiro atoms. The number of aromatic nitrogens is 2. The Bertz CT molecular complexity index is 1080. The lowest BCUT2D eigenvalue weighted by molar-refractivity contribution is -0.138. The van der Waals surface area contributed by atoms with E-state index in [-0.39, 0.29) is 27.6 Å². The fourth-order valence-electron chi connectivity index (χ4n) is 4.30. The summed E-state index contributed by atoms with van der Waals surface area (Å²) in [4.78, 5) is 9.81. The molecular weight excluding hydrogens is 431 g/mol. The maximum absolute atomic E-state index is 13.8. The lowest BCUT2D eigenvalue weighted by atomic mass is 9.86. The molecule has 3 rings (SSSR count). The number of sulfonamides is 1. The highest BCUT2D eigenvalue weighted by molar-refractivity contribution is 7.89. The SMILES string of the molecule is CC1(C)CN(c2nccc(C(F)(F)F)c2CNS(=O)(=O)c2cccc(N)n2)C(C)(C)C1. The van der Waals surface area contributed by atoms with Crippen molar-refractivity contribution >= 4 is 21.7 Å². The van der Waals surface area contributed by atoms with E-state index in [4.69, 9.17) is 5.73 Å². The summed E-state index contributed by atoms with van der Waals surface area (Å²) in [5, 5.41) is -0.367. The van der Waals surface area contributed by atoms with E-state index in [2.05, 4.69) is 14.7 Å². The first kappa shape index (κ1) is 23.3. The first-order valence-electron chi connectivity index (χ1n) is 9.67. The van der Waals surface area contributed by atoms with Crippen molar-refractivity contribution in [2.75, 3.05) is 17.2 Å². The summed E-state index contributed by atoms with van der Waals surface area (Å²) >= 11 is 0. The van der Waals surface area contributed by atoms with Crippen molar-refractivity contribution in [2.24, 2.45) is 5.41 Å². The largest absolute Gasteiger partial charge is 0.416 e. The first-order chi connectivity index (χ1) is 14.1. The van der Waals surface area contributed by atoms with E-state index in [9.17, 15) is 21.6 Å². The second-order valence-corrected chi connectivity index (χ2v) is 10.8. The average molecular weight is 458 g/mol. The molecule has 2 aromatic heterocycles. The van der Waals surface area contributed by atoms with Gasteiger partial charge in [0.25, 0.3) is 10.0 Å². The van der Waals surface area contributed by atoms with Crippen molar-refractivity contribution in [2.45, 2.75) is 57.4 Å². The van der Waals surface area contributed by atoms with Crippen LogP contribution in [0, 0.1) is 5.41 Å². The molecule has 3 N–H and O–H groups in total. The molecule has 7 nitrogen and oxygen atoms in total. The predicted octanol–water partition coefficient (Wildman–Crippen LogP) is 3.57. The number of nitrogens with one attached hydrogen (secondary N) is 1. The minimum absolute atomic E-state index is 0.0121. The number of alkyl halides is 3. The number of anilines is 2. The molecule has 0 aromatic carbocycles. The van der Waals surface area contributed by atoms with Gasteiger partial charge >= 0.3 is 6.18 Å². The molecule has 0 atom stereocenters. The number of pyridine rings is 2. The summed E-state index contributed by atoms with van der Waals surface area (Å²) in [5.41, 5.74) is 3.79. The Kier molecular flexibility index (Phi) is 5.72. The Labute approximate surface area is 179 Å². The van der Waals surface area contributed by atoms with Gasteiger partial charge in [-0.25, -0.2) is 23.1 Å². The molecular formula is C20H26F3N5O2S. The first-order valence-corrected chi connectivity index (χ1v) is 11.2. The van der Waals surface area contributed by atoms with Crippen molar-refractivity contribution in [1.29, 1.82) is 0 Å². The highest BCUT2D eigenvalue weighted by Crippen LogP contribution is 2.45. The average Bonchev–Trinajstić information content (AvgIpc) is 2.86. The molecule has 0 amide bonds. The normalized spacial score (nSPS) is 18.4. The van der Waals surface area contributed by atoms with Crippen LogP contribution in [0.1, 0.15) is 45.2 Å². The number of nitrogen functional groups attached to an aromatic ring is 1. The lowest BCUT2D eigenvalue weighted by Gasteiger charge is -2.34. The molecule has 1 aliphatic rings. The summed E-state index contributed by atoms with van der Waals surface area (Å²) < 4.78 is 68.9. The van der Waals surface area contributed by atoms with Crippen LogP contribution in [0.25, 0.3) is 0 Å². The Balaban J connectivity index is 2.04. The lowest BCUT2D eigenvalue weighted by Crippen LogP contribution is -2.40. The van der Waals surface area contributed by atoms with E-state index in [0.717, 1.165) is 18.7 Å². The molecule has 1 fully saturated rings. The van der Waals surface area contributed by atoms with Crippen molar-refractivity contribution in [1.82, 2.24) is 14.7 Å². The molecule has 0 radical (unpaired) electrons. The number of halogens is 3. The molecule has 11 heteroatoms. The van der Waals surface area contributed by atoms with Gasteiger partial charge in [-0.3, -0.25) is 0 Å². The number of nitrogens with zero attached hydrogens (tertiary/aromatic N) is 3. The number of hydrogen-bond donors (Lipinski definition) is 2. The third kappa shape index (κ3) is 4.93. The summed E-state index contributed by atoms with van der Waals surface area (Å²) in [7, 11) is -4.19. The fourth-order valence-corrected chi connectivity index (χ4v) is 5.27. The van der Waals surface area contributed by atoms with E-state index < -0.39 is 33.8 Å². The molecule has 2 aromatic rings. The van der Waals surface area contributed by atoms with Crippen LogP contribution in [0.4, 0.5) is 24.8 Å². The van der Waals surface area contributed by atoms with Crippen molar-refractivity contribution in [3.05, 3.63) is 41.6 Å². The van der Waals surface area contributed by atoms with E-state index in [1.807, 2.05) is 32.6 Å². The van der Waals surface area contributed by atoms with Crippen LogP contribution in [-0.4, -0.2) is 30.5 Å². The second kappa shape index (κ2) is 7.63. The van der Waals surface area contributed by atoms with Gasteiger partial charge in [-0.2, -0.15) is 13.2 Å². The van der Waals surface area contributed by atoms with Gasteiger partial charge in [0.2, 0.25) is 0 Å². The Morgan fingerprint density at radius 1 is 1.19 bits per heavy atom. The third-order valence-corrected chi connectivity index (χ3v) is 6.58. The van der Waals surface area contributed by atoms with Gasteiger partial charge in [0.15, 0.2) is 5.03 Å². The highest BCUT2D eigenvalue weighted by Gasteiger charge is 2.45. The van der Waals surface area contributed by atoms with Crippen LogP contribution in [0.2, 0.25) is 0 Å². The minimum Gasteiger partial charge on any atom is -0.384 e. The van der Waals surface area contributed by atoms with Gasteiger partial charge in [-0.1, -0.05) is 19.9 Å². The zero-order valence-corrected chi connectivity index (χ0v) is 18.6. The Hall–Kier alpha value is -2.40. The minimum atomic E-state index is -4.67. The zero-order chi connectivity index (χ0) is 23.2. The van der Waals surface area contributed by atoms with E-state index in [0.29, 0.717) is 6.54 Å². The summed E-state index contributed by atoms with van der Waals surface area (Å²) in [5.74, 6) is 0.107. The third-order valence-electron chi connectivity index (χ3n) is 5.28. The van der Waals surface area contributed by atoms with Crippen molar-refractivity contribution in [3.63, 3.8) is 0 Å². The molecule has 0 bridgehead atoms. The molecule has 31 heavy (non-hydrogen) atoms. The van der Waals surface area contributed by atoms with Gasteiger partial charge in [0, 0.05) is 30.4 Å². The molecule has 3 heterocycles. The molecule has 0 saturated carbocycles. The van der Waals surface area contributed by atoms with Crippen molar-refractivity contribution in [3.8, 4) is 0 Å². The fraction of sp³-hybridized carbons (Fsp3) is 0.500. The van der Waals surface area contributed by atoms with Gasteiger partial charge in [0.1, 0.15) is 11.6 Å². The van der Waals surface area contributed by atoms with Gasteiger partial charge in [-0.05, 0) is 43.9 Å². The van der Waals surface area contributed by atoms with Crippen LogP contribution >= 0.6 is 0 Å². The number of hydrogen-bond acceptors (Lipinski definition) is 6. The van der Waals surface area contributed by atoms with Crippen LogP contribution in [0.5, 0.6) is 0 Å². The van der Waals surface area contributed by atoms with Crippen LogP contribution in [0.3, 0.4) is 0 Å². The van der Waals surface area contributed by atoms with E-state index in [1.165, 1.54) is 18.2 Å². The van der Waals surface area contributed by atoms with Gasteiger partial charge in [0.05, 0.1) is 5.56 Å². The number of nitrogens with two attached hydrogens (primary N) is 1. The predicted molar refractivity (Wildman–Crippen MR) is 112 cm³/mol. The molecule has 0 unspecified atom stereocenters. The summed E-state index contributed by atoms with van der Waals surface area (Å²) in [6.45, 7) is 7.85. The topological polar surface area (TPSA) is 101 Å². The van der Waals surface area contributed by atoms with Gasteiger partial charge < -0.3 is 10.6 Å². The monoisotopic (exact) mass is 457 g/mol. The van der Waals surface area contributed by atoms with Crippen LogP contribution in [-0.2, 0) is 22.7 Å². The Morgan fingerprint density at radius 3 is 2.42 bits per heavy atom. The molecule has 170 valence electrons. The maximum atomic E-state index is 13.8. The maximum Gasteiger partial charge on any atom is 0.416 e. The van der Waals surface area contributed by atoms with E-state index >= 15 is 0 Å². The van der Waals surface area contributed by atoms with Crippen LogP contribution < -0.4 is 15.4 Å².